The Kier molecular flexibility index (Phi) is 3.58. The summed E-state index contributed by atoms with van der Waals surface area (Å²) in [6, 6.07) is 1.83. The van der Waals surface area contributed by atoms with Gasteiger partial charge in [0.1, 0.15) is 5.56 Å². The Balaban J connectivity index is 1.54. The van der Waals surface area contributed by atoms with Crippen molar-refractivity contribution in [1.82, 2.24) is 19.5 Å². The second-order valence-electron chi connectivity index (χ2n) is 7.20. The molecular formula is C18H24N4O. The van der Waals surface area contributed by atoms with Gasteiger partial charge in [0, 0.05) is 25.5 Å². The van der Waals surface area contributed by atoms with E-state index in [1.165, 1.54) is 32.1 Å². The fourth-order valence-electron chi connectivity index (χ4n) is 4.39. The number of hydrogen-bond donors (Lipinski definition) is 0. The quantitative estimate of drug-likeness (QED) is 0.812. The molecule has 2 aromatic rings. The number of carbonyl (C=O) groups is 1. The first kappa shape index (κ1) is 14.7. The van der Waals surface area contributed by atoms with E-state index in [1.54, 1.807) is 10.7 Å². The fourth-order valence-corrected chi connectivity index (χ4v) is 4.39. The standard InChI is InChI=1S/C18H24N4O/c1-14-15(16-19-10-5-11-22(16)20-14)17(23)21-12-8-18(9-13-21)6-3-2-4-7-18/h5,10-11H,2-4,6-9,12-13H2,1H3. The molecule has 2 fully saturated rings. The highest BCUT2D eigenvalue weighted by Gasteiger charge is 2.37. The summed E-state index contributed by atoms with van der Waals surface area (Å²) >= 11 is 0. The van der Waals surface area contributed by atoms with E-state index in [0.29, 0.717) is 16.6 Å². The topological polar surface area (TPSA) is 50.5 Å². The summed E-state index contributed by atoms with van der Waals surface area (Å²) in [4.78, 5) is 19.4. The molecule has 0 N–H and O–H groups in total. The number of fused-ring (bicyclic) bond motifs is 1. The monoisotopic (exact) mass is 312 g/mol. The second-order valence-corrected chi connectivity index (χ2v) is 7.20. The SMILES string of the molecule is Cc1nn2cccnc2c1C(=O)N1CCC2(CCCCC2)CC1. The van der Waals surface area contributed by atoms with Crippen LogP contribution < -0.4 is 0 Å². The molecule has 1 saturated carbocycles. The number of likely N-dealkylation sites (tertiary alicyclic amines) is 1. The Morgan fingerprint density at radius 2 is 1.87 bits per heavy atom. The van der Waals surface area contributed by atoms with Gasteiger partial charge in [-0.05, 0) is 44.1 Å². The van der Waals surface area contributed by atoms with Gasteiger partial charge in [-0.25, -0.2) is 9.50 Å². The highest BCUT2D eigenvalue weighted by Crippen LogP contribution is 2.44. The van der Waals surface area contributed by atoms with Crippen molar-refractivity contribution in [3.05, 3.63) is 29.7 Å². The van der Waals surface area contributed by atoms with E-state index in [-0.39, 0.29) is 5.91 Å². The minimum atomic E-state index is 0.0989. The number of hydrogen-bond acceptors (Lipinski definition) is 3. The Morgan fingerprint density at radius 1 is 1.13 bits per heavy atom. The molecular weight excluding hydrogens is 288 g/mol. The number of amides is 1. The van der Waals surface area contributed by atoms with Crippen molar-refractivity contribution in [2.75, 3.05) is 13.1 Å². The molecule has 122 valence electrons. The molecule has 3 heterocycles. The molecule has 1 saturated heterocycles. The number of nitrogens with zero attached hydrogens (tertiary/aromatic N) is 4. The van der Waals surface area contributed by atoms with E-state index in [9.17, 15) is 4.79 Å². The van der Waals surface area contributed by atoms with E-state index in [1.807, 2.05) is 24.1 Å². The third-order valence-corrected chi connectivity index (χ3v) is 5.81. The smallest absolute Gasteiger partial charge is 0.259 e. The zero-order valence-corrected chi connectivity index (χ0v) is 13.8. The van der Waals surface area contributed by atoms with Gasteiger partial charge < -0.3 is 4.90 Å². The maximum atomic E-state index is 13.0. The van der Waals surface area contributed by atoms with E-state index < -0.39 is 0 Å². The Hall–Kier alpha value is -1.91. The van der Waals surface area contributed by atoms with Gasteiger partial charge in [-0.3, -0.25) is 4.79 Å². The maximum absolute atomic E-state index is 13.0. The fraction of sp³-hybridized carbons (Fsp3) is 0.611. The van der Waals surface area contributed by atoms with Crippen molar-refractivity contribution in [2.24, 2.45) is 5.41 Å². The van der Waals surface area contributed by atoms with Gasteiger partial charge in [0.25, 0.3) is 5.91 Å². The van der Waals surface area contributed by atoms with Crippen LogP contribution in [0.5, 0.6) is 0 Å². The predicted octanol–water partition coefficient (Wildman–Crippen LogP) is 3.22. The van der Waals surface area contributed by atoms with Gasteiger partial charge in [0.15, 0.2) is 5.65 Å². The highest BCUT2D eigenvalue weighted by atomic mass is 16.2. The third-order valence-electron chi connectivity index (χ3n) is 5.81. The number of carbonyl (C=O) groups excluding carboxylic acids is 1. The van der Waals surface area contributed by atoms with Crippen LogP contribution in [0.1, 0.15) is 61.0 Å². The first-order valence-electron chi connectivity index (χ1n) is 8.78. The minimum absolute atomic E-state index is 0.0989. The molecule has 1 aliphatic carbocycles. The summed E-state index contributed by atoms with van der Waals surface area (Å²) in [6.45, 7) is 3.65. The number of piperidine rings is 1. The first-order valence-corrected chi connectivity index (χ1v) is 8.78. The van der Waals surface area contributed by atoms with E-state index in [0.717, 1.165) is 31.6 Å². The summed E-state index contributed by atoms with van der Waals surface area (Å²) < 4.78 is 1.70. The van der Waals surface area contributed by atoms with E-state index >= 15 is 0 Å². The van der Waals surface area contributed by atoms with E-state index in [4.69, 9.17) is 0 Å². The maximum Gasteiger partial charge on any atom is 0.259 e. The van der Waals surface area contributed by atoms with Crippen molar-refractivity contribution in [3.8, 4) is 0 Å². The van der Waals surface area contributed by atoms with Gasteiger partial charge >= 0.3 is 0 Å². The molecule has 0 radical (unpaired) electrons. The lowest BCUT2D eigenvalue weighted by atomic mass is 9.68. The molecule has 0 bridgehead atoms. The lowest BCUT2D eigenvalue weighted by Gasteiger charge is -2.44. The number of rotatable bonds is 1. The van der Waals surface area contributed by atoms with Crippen LogP contribution >= 0.6 is 0 Å². The van der Waals surface area contributed by atoms with Crippen molar-refractivity contribution in [1.29, 1.82) is 0 Å². The predicted molar refractivity (Wildman–Crippen MR) is 88.4 cm³/mol. The first-order chi connectivity index (χ1) is 11.2. The molecule has 1 amide bonds. The molecule has 23 heavy (non-hydrogen) atoms. The van der Waals surface area contributed by atoms with Gasteiger partial charge in [0.2, 0.25) is 0 Å². The van der Waals surface area contributed by atoms with E-state index in [2.05, 4.69) is 10.1 Å². The zero-order chi connectivity index (χ0) is 15.9. The Morgan fingerprint density at radius 3 is 2.61 bits per heavy atom. The van der Waals surface area contributed by atoms with Crippen LogP contribution in [0.3, 0.4) is 0 Å². The van der Waals surface area contributed by atoms with Crippen molar-refractivity contribution in [2.45, 2.75) is 51.9 Å². The number of aryl methyl sites for hydroxylation is 1. The summed E-state index contributed by atoms with van der Waals surface area (Å²) in [5.74, 6) is 0.0989. The van der Waals surface area contributed by atoms with Crippen LogP contribution in [0.2, 0.25) is 0 Å². The molecule has 5 heteroatoms. The molecule has 0 aromatic carbocycles. The third kappa shape index (κ3) is 2.52. The normalized spacial score (nSPS) is 21.0. The molecule has 5 nitrogen and oxygen atoms in total. The van der Waals surface area contributed by atoms with Gasteiger partial charge in [-0.2, -0.15) is 5.10 Å². The second kappa shape index (κ2) is 5.62. The lowest BCUT2D eigenvalue weighted by Crippen LogP contribution is -2.44. The van der Waals surface area contributed by atoms with Crippen molar-refractivity contribution >= 4 is 11.6 Å². The van der Waals surface area contributed by atoms with Crippen LogP contribution in [0.4, 0.5) is 0 Å². The molecule has 0 unspecified atom stereocenters. The van der Waals surface area contributed by atoms with Gasteiger partial charge in [-0.15, -0.1) is 0 Å². The largest absolute Gasteiger partial charge is 0.338 e. The minimum Gasteiger partial charge on any atom is -0.338 e. The van der Waals surface area contributed by atoms with Gasteiger partial charge in [0.05, 0.1) is 5.69 Å². The molecule has 1 spiro atoms. The van der Waals surface area contributed by atoms with Crippen LogP contribution in [-0.4, -0.2) is 38.5 Å². The number of aromatic nitrogens is 3. The lowest BCUT2D eigenvalue weighted by molar-refractivity contribution is 0.0473. The highest BCUT2D eigenvalue weighted by molar-refractivity contribution is 6.01. The van der Waals surface area contributed by atoms with Crippen LogP contribution in [0.15, 0.2) is 18.5 Å². The Bertz CT molecular complexity index is 720. The van der Waals surface area contributed by atoms with Crippen LogP contribution in [-0.2, 0) is 0 Å². The zero-order valence-electron chi connectivity index (χ0n) is 13.8. The van der Waals surface area contributed by atoms with Crippen molar-refractivity contribution in [3.63, 3.8) is 0 Å². The van der Waals surface area contributed by atoms with Crippen LogP contribution in [0.25, 0.3) is 5.65 Å². The van der Waals surface area contributed by atoms with Gasteiger partial charge in [-0.1, -0.05) is 19.3 Å². The molecule has 1 aliphatic heterocycles. The molecule has 2 aliphatic rings. The van der Waals surface area contributed by atoms with Crippen LogP contribution in [0, 0.1) is 12.3 Å². The average Bonchev–Trinajstić information content (AvgIpc) is 2.91. The summed E-state index contributed by atoms with van der Waals surface area (Å²) in [6.07, 6.45) is 12.7. The summed E-state index contributed by atoms with van der Waals surface area (Å²) in [7, 11) is 0. The van der Waals surface area contributed by atoms with Crippen molar-refractivity contribution < 1.29 is 4.79 Å². The molecule has 0 atom stereocenters. The average molecular weight is 312 g/mol. The molecule has 4 rings (SSSR count). The summed E-state index contributed by atoms with van der Waals surface area (Å²) in [5, 5.41) is 4.42. The summed E-state index contributed by atoms with van der Waals surface area (Å²) in [5.41, 5.74) is 2.63. The molecule has 2 aromatic heterocycles. The Labute approximate surface area is 136 Å².